The second kappa shape index (κ2) is 8.73. The van der Waals surface area contributed by atoms with Crippen LogP contribution in [-0.4, -0.2) is 19.0 Å². The average molecular weight is 419 g/mol. The van der Waals surface area contributed by atoms with Crippen molar-refractivity contribution in [3.05, 3.63) is 83.3 Å². The number of methoxy groups -OCH3 is 1. The van der Waals surface area contributed by atoms with Gasteiger partial charge in [-0.25, -0.2) is 4.79 Å². The number of benzene rings is 2. The summed E-state index contributed by atoms with van der Waals surface area (Å²) in [6.45, 7) is -0.0238. The zero-order chi connectivity index (χ0) is 21.7. The van der Waals surface area contributed by atoms with E-state index in [1.165, 1.54) is 43.5 Å². The fourth-order valence-corrected chi connectivity index (χ4v) is 2.56. The van der Waals surface area contributed by atoms with Crippen molar-refractivity contribution in [2.45, 2.75) is 12.8 Å². The Hall–Kier alpha value is -3.75. The quantitative estimate of drug-likeness (QED) is 0.574. The van der Waals surface area contributed by atoms with Gasteiger partial charge in [-0.15, -0.1) is 0 Å². The Bertz CT molecular complexity index is 1040. The molecule has 3 aromatic rings. The lowest BCUT2D eigenvalue weighted by molar-refractivity contribution is -0.136. The fourth-order valence-electron chi connectivity index (χ4n) is 2.56. The number of carbonyl (C=O) groups excluding carboxylic acids is 2. The number of hydrogen-bond donors (Lipinski definition) is 1. The van der Waals surface area contributed by atoms with Gasteiger partial charge >= 0.3 is 12.1 Å². The molecular weight excluding hydrogens is 403 g/mol. The van der Waals surface area contributed by atoms with Gasteiger partial charge in [0.25, 0.3) is 5.91 Å². The molecule has 0 unspecified atom stereocenters. The van der Waals surface area contributed by atoms with Crippen LogP contribution in [0.25, 0.3) is 0 Å². The largest absolute Gasteiger partial charge is 0.486 e. The van der Waals surface area contributed by atoms with Crippen LogP contribution in [0.15, 0.2) is 65.1 Å². The van der Waals surface area contributed by atoms with Gasteiger partial charge in [-0.1, -0.05) is 12.1 Å². The summed E-state index contributed by atoms with van der Waals surface area (Å²) in [5.74, 6) is -0.715. The lowest BCUT2D eigenvalue weighted by Gasteiger charge is -2.12. The highest BCUT2D eigenvalue weighted by molar-refractivity contribution is 6.02. The van der Waals surface area contributed by atoms with Gasteiger partial charge in [0.2, 0.25) is 0 Å². The van der Waals surface area contributed by atoms with Crippen molar-refractivity contribution >= 4 is 17.6 Å². The molecule has 0 saturated carbocycles. The van der Waals surface area contributed by atoms with Crippen LogP contribution in [-0.2, 0) is 17.5 Å². The van der Waals surface area contributed by atoms with E-state index >= 15 is 0 Å². The molecule has 0 aliphatic heterocycles. The third-order valence-electron chi connectivity index (χ3n) is 4.02. The minimum absolute atomic E-state index is 0.0238. The molecule has 0 fully saturated rings. The summed E-state index contributed by atoms with van der Waals surface area (Å²) in [7, 11) is 1.28. The Morgan fingerprint density at radius 1 is 1.00 bits per heavy atom. The Balaban J connectivity index is 1.63. The van der Waals surface area contributed by atoms with Gasteiger partial charge in [-0.05, 0) is 48.5 Å². The molecule has 0 bridgehead atoms. The number of nitrogens with one attached hydrogen (secondary N) is 1. The molecule has 0 radical (unpaired) electrons. The van der Waals surface area contributed by atoms with Crippen molar-refractivity contribution in [3.63, 3.8) is 0 Å². The molecule has 1 aromatic heterocycles. The van der Waals surface area contributed by atoms with E-state index in [2.05, 4.69) is 10.1 Å². The van der Waals surface area contributed by atoms with Gasteiger partial charge in [0.15, 0.2) is 5.76 Å². The van der Waals surface area contributed by atoms with E-state index < -0.39 is 23.6 Å². The molecular formula is C21H16F3NO5. The van der Waals surface area contributed by atoms with E-state index in [0.717, 1.165) is 12.1 Å². The number of hydrogen-bond acceptors (Lipinski definition) is 5. The third-order valence-corrected chi connectivity index (χ3v) is 4.02. The molecule has 2 aromatic carbocycles. The second-order valence-electron chi connectivity index (χ2n) is 6.07. The zero-order valence-electron chi connectivity index (χ0n) is 15.7. The average Bonchev–Trinajstić information content (AvgIpc) is 3.21. The standard InChI is InChI=1S/C21H16F3NO5/c1-28-20(27)13-6-8-14(9-7-13)29-12-15-10-11-18(30-15)19(26)25-17-5-3-2-4-16(17)21(22,23)24/h2-11H,12H2,1H3,(H,25,26). The zero-order valence-corrected chi connectivity index (χ0v) is 15.7. The van der Waals surface area contributed by atoms with Crippen molar-refractivity contribution in [2.75, 3.05) is 12.4 Å². The van der Waals surface area contributed by atoms with E-state index in [-0.39, 0.29) is 18.1 Å². The second-order valence-corrected chi connectivity index (χ2v) is 6.07. The monoisotopic (exact) mass is 419 g/mol. The third kappa shape index (κ3) is 4.99. The Kier molecular flexibility index (Phi) is 6.10. The van der Waals surface area contributed by atoms with Gasteiger partial charge < -0.3 is 19.2 Å². The molecule has 6 nitrogen and oxygen atoms in total. The highest BCUT2D eigenvalue weighted by Gasteiger charge is 2.33. The van der Waals surface area contributed by atoms with Crippen molar-refractivity contribution in [3.8, 4) is 5.75 Å². The molecule has 30 heavy (non-hydrogen) atoms. The molecule has 0 saturated heterocycles. The van der Waals surface area contributed by atoms with Crippen LogP contribution in [0.3, 0.4) is 0 Å². The number of ether oxygens (including phenoxy) is 2. The van der Waals surface area contributed by atoms with Crippen molar-refractivity contribution in [1.29, 1.82) is 0 Å². The van der Waals surface area contributed by atoms with Gasteiger partial charge in [0.05, 0.1) is 23.9 Å². The molecule has 1 N–H and O–H groups in total. The van der Waals surface area contributed by atoms with Crippen LogP contribution in [0.2, 0.25) is 0 Å². The first-order chi connectivity index (χ1) is 14.3. The molecule has 9 heteroatoms. The number of para-hydroxylation sites is 1. The summed E-state index contributed by atoms with van der Waals surface area (Å²) in [6, 6.07) is 13.7. The fraction of sp³-hybridized carbons (Fsp3) is 0.143. The molecule has 156 valence electrons. The predicted molar refractivity (Wildman–Crippen MR) is 100 cm³/mol. The highest BCUT2D eigenvalue weighted by atomic mass is 19.4. The number of amides is 1. The Morgan fingerprint density at radius 3 is 2.37 bits per heavy atom. The minimum atomic E-state index is -4.60. The number of esters is 1. The summed E-state index contributed by atoms with van der Waals surface area (Å²) < 4.78 is 54.6. The molecule has 0 spiro atoms. The number of halogens is 3. The van der Waals surface area contributed by atoms with Crippen molar-refractivity contribution < 1.29 is 36.7 Å². The maximum Gasteiger partial charge on any atom is 0.418 e. The lowest BCUT2D eigenvalue weighted by Crippen LogP contribution is -2.16. The van der Waals surface area contributed by atoms with Crippen molar-refractivity contribution in [1.82, 2.24) is 0 Å². The smallest absolute Gasteiger partial charge is 0.418 e. The van der Waals surface area contributed by atoms with E-state index in [1.54, 1.807) is 12.1 Å². The molecule has 1 amide bonds. The number of alkyl halides is 3. The number of rotatable bonds is 6. The summed E-state index contributed by atoms with van der Waals surface area (Å²) in [4.78, 5) is 23.7. The van der Waals surface area contributed by atoms with Crippen LogP contribution in [0.5, 0.6) is 5.75 Å². The Labute approximate surface area is 169 Å². The van der Waals surface area contributed by atoms with Crippen molar-refractivity contribution in [2.24, 2.45) is 0 Å². The van der Waals surface area contributed by atoms with Gasteiger partial charge in [-0.3, -0.25) is 4.79 Å². The van der Waals surface area contributed by atoms with Crippen LogP contribution < -0.4 is 10.1 Å². The van der Waals surface area contributed by atoms with Gasteiger partial charge in [0.1, 0.15) is 18.1 Å². The highest BCUT2D eigenvalue weighted by Crippen LogP contribution is 2.34. The first-order valence-electron chi connectivity index (χ1n) is 8.65. The number of carbonyl (C=O) groups is 2. The van der Waals surface area contributed by atoms with E-state index in [0.29, 0.717) is 17.1 Å². The first-order valence-corrected chi connectivity index (χ1v) is 8.65. The molecule has 3 rings (SSSR count). The number of furan rings is 1. The van der Waals surface area contributed by atoms with E-state index in [4.69, 9.17) is 9.15 Å². The summed E-state index contributed by atoms with van der Waals surface area (Å²) in [6.07, 6.45) is -4.60. The SMILES string of the molecule is COC(=O)c1ccc(OCc2ccc(C(=O)Nc3ccccc3C(F)(F)F)o2)cc1. The number of anilines is 1. The maximum absolute atomic E-state index is 13.0. The minimum Gasteiger partial charge on any atom is -0.486 e. The topological polar surface area (TPSA) is 77.8 Å². The van der Waals surface area contributed by atoms with E-state index in [1.807, 2.05) is 0 Å². The van der Waals surface area contributed by atoms with Crippen LogP contribution >= 0.6 is 0 Å². The summed E-state index contributed by atoms with van der Waals surface area (Å²) in [5, 5.41) is 2.21. The summed E-state index contributed by atoms with van der Waals surface area (Å²) in [5.41, 5.74) is -0.959. The predicted octanol–water partition coefficient (Wildman–Crippen LogP) is 4.92. The maximum atomic E-state index is 13.0. The molecule has 0 atom stereocenters. The molecule has 0 aliphatic carbocycles. The van der Waals surface area contributed by atoms with Gasteiger partial charge in [-0.2, -0.15) is 13.2 Å². The van der Waals surface area contributed by atoms with E-state index in [9.17, 15) is 22.8 Å². The summed E-state index contributed by atoms with van der Waals surface area (Å²) >= 11 is 0. The van der Waals surface area contributed by atoms with Crippen LogP contribution in [0.4, 0.5) is 18.9 Å². The van der Waals surface area contributed by atoms with Crippen LogP contribution in [0.1, 0.15) is 32.2 Å². The lowest BCUT2D eigenvalue weighted by atomic mass is 10.1. The van der Waals surface area contributed by atoms with Gasteiger partial charge in [0, 0.05) is 0 Å². The molecule has 1 heterocycles. The Morgan fingerprint density at radius 2 is 1.70 bits per heavy atom. The normalized spacial score (nSPS) is 11.1. The van der Waals surface area contributed by atoms with Crippen LogP contribution in [0, 0.1) is 0 Å². The molecule has 0 aliphatic rings. The first kappa shape index (κ1) is 21.0.